The molecule has 0 fully saturated rings. The van der Waals surface area contributed by atoms with Crippen molar-refractivity contribution < 1.29 is 9.18 Å². The first-order chi connectivity index (χ1) is 12.0. The van der Waals surface area contributed by atoms with E-state index in [2.05, 4.69) is 14.8 Å². The molecule has 134 valence electrons. The maximum absolute atomic E-state index is 13.3. The highest BCUT2D eigenvalue weighted by Crippen LogP contribution is 2.26. The molecule has 2 aromatic rings. The fraction of sp³-hybridized carbons (Fsp3) is 0.500. The van der Waals surface area contributed by atoms with Crippen molar-refractivity contribution in [1.82, 2.24) is 19.7 Å². The Hall–Kier alpha value is -1.89. The van der Waals surface area contributed by atoms with Gasteiger partial charge in [0.2, 0.25) is 5.91 Å². The molecule has 1 atom stereocenters. The van der Waals surface area contributed by atoms with Gasteiger partial charge in [-0.2, -0.15) is 0 Å². The van der Waals surface area contributed by atoms with E-state index in [4.69, 9.17) is 0 Å². The zero-order valence-corrected chi connectivity index (χ0v) is 15.4. The van der Waals surface area contributed by atoms with E-state index >= 15 is 0 Å². The molecular formula is C18H23FN4OS. The first-order valence-corrected chi connectivity index (χ1v) is 9.50. The number of aryl methyl sites for hydroxylation is 1. The minimum Gasteiger partial charge on any atom is -0.340 e. The van der Waals surface area contributed by atoms with Crippen LogP contribution < -0.4 is 0 Å². The third-order valence-corrected chi connectivity index (χ3v) is 5.46. The number of hydrogen-bond donors (Lipinski definition) is 0. The summed E-state index contributed by atoms with van der Waals surface area (Å²) < 4.78 is 15.4. The van der Waals surface area contributed by atoms with Crippen molar-refractivity contribution in [1.29, 1.82) is 0 Å². The maximum Gasteiger partial charge on any atom is 0.235 e. The highest BCUT2D eigenvalue weighted by Gasteiger charge is 2.23. The fourth-order valence-electron chi connectivity index (χ4n) is 3.05. The van der Waals surface area contributed by atoms with Crippen molar-refractivity contribution in [2.75, 3.05) is 7.05 Å². The molecule has 0 saturated heterocycles. The molecule has 1 aromatic heterocycles. The zero-order chi connectivity index (χ0) is 17.8. The van der Waals surface area contributed by atoms with Crippen LogP contribution in [0.15, 0.2) is 29.4 Å². The molecule has 0 saturated carbocycles. The van der Waals surface area contributed by atoms with Gasteiger partial charge in [-0.15, -0.1) is 10.2 Å². The lowest BCUT2D eigenvalue weighted by Gasteiger charge is -2.21. The van der Waals surface area contributed by atoms with Crippen LogP contribution in [0.25, 0.3) is 0 Å². The van der Waals surface area contributed by atoms with E-state index in [9.17, 15) is 9.18 Å². The molecule has 1 aliphatic heterocycles. The summed E-state index contributed by atoms with van der Waals surface area (Å²) in [6.45, 7) is 3.19. The summed E-state index contributed by atoms with van der Waals surface area (Å²) in [7, 11) is 1.74. The number of benzene rings is 1. The van der Waals surface area contributed by atoms with E-state index in [-0.39, 0.29) is 17.0 Å². The lowest BCUT2D eigenvalue weighted by atomic mass is 10.2. The van der Waals surface area contributed by atoms with Gasteiger partial charge in [-0.3, -0.25) is 4.79 Å². The third kappa shape index (κ3) is 4.39. The van der Waals surface area contributed by atoms with Gasteiger partial charge in [0.05, 0.1) is 5.25 Å². The average Bonchev–Trinajstić information content (AvgIpc) is 2.81. The van der Waals surface area contributed by atoms with Crippen LogP contribution in [0.5, 0.6) is 0 Å². The average molecular weight is 362 g/mol. The quantitative estimate of drug-likeness (QED) is 0.766. The zero-order valence-electron chi connectivity index (χ0n) is 14.6. The van der Waals surface area contributed by atoms with E-state index in [1.165, 1.54) is 30.3 Å². The molecule has 7 heteroatoms. The summed E-state index contributed by atoms with van der Waals surface area (Å²) in [4.78, 5) is 14.3. The van der Waals surface area contributed by atoms with Crippen molar-refractivity contribution >= 4 is 17.7 Å². The number of carbonyl (C=O) groups is 1. The van der Waals surface area contributed by atoms with Gasteiger partial charge in [0, 0.05) is 26.6 Å². The monoisotopic (exact) mass is 362 g/mol. The standard InChI is InChI=1S/C18H23FN4OS/c1-13(17(24)22(2)12-14-7-6-8-15(19)11-14)25-18-21-20-16-9-4-3-5-10-23(16)18/h6-8,11,13H,3-5,9-10,12H2,1-2H3/t13-/m0/s1. The molecule has 0 bridgehead atoms. The van der Waals surface area contributed by atoms with E-state index < -0.39 is 0 Å². The lowest BCUT2D eigenvalue weighted by molar-refractivity contribution is -0.129. The molecule has 25 heavy (non-hydrogen) atoms. The van der Waals surface area contributed by atoms with Crippen LogP contribution in [-0.2, 0) is 24.3 Å². The summed E-state index contributed by atoms with van der Waals surface area (Å²) >= 11 is 1.45. The highest BCUT2D eigenvalue weighted by molar-refractivity contribution is 8.00. The molecule has 5 nitrogen and oxygen atoms in total. The van der Waals surface area contributed by atoms with Gasteiger partial charge >= 0.3 is 0 Å². The van der Waals surface area contributed by atoms with Gasteiger partial charge in [-0.25, -0.2) is 4.39 Å². The number of rotatable bonds is 5. The van der Waals surface area contributed by atoms with E-state index in [1.807, 2.05) is 13.0 Å². The van der Waals surface area contributed by atoms with Crippen LogP contribution in [0, 0.1) is 5.82 Å². The molecule has 1 amide bonds. The van der Waals surface area contributed by atoms with Crippen LogP contribution >= 0.6 is 11.8 Å². The molecule has 1 aromatic carbocycles. The Labute approximate surface area is 151 Å². The van der Waals surface area contributed by atoms with Crippen molar-refractivity contribution in [2.45, 2.75) is 56.1 Å². The number of amides is 1. The molecule has 0 radical (unpaired) electrons. The molecule has 0 aliphatic carbocycles. The lowest BCUT2D eigenvalue weighted by Crippen LogP contribution is -2.33. The van der Waals surface area contributed by atoms with Gasteiger partial charge in [0.25, 0.3) is 0 Å². The smallest absolute Gasteiger partial charge is 0.235 e. The first-order valence-electron chi connectivity index (χ1n) is 8.63. The predicted octanol–water partition coefficient (Wildman–Crippen LogP) is 3.28. The molecule has 0 unspecified atom stereocenters. The van der Waals surface area contributed by atoms with Crippen molar-refractivity contribution in [3.8, 4) is 0 Å². The van der Waals surface area contributed by atoms with Gasteiger partial charge in [-0.05, 0) is 37.5 Å². The van der Waals surface area contributed by atoms with Crippen molar-refractivity contribution in [3.63, 3.8) is 0 Å². The van der Waals surface area contributed by atoms with Crippen LogP contribution in [0.2, 0.25) is 0 Å². The van der Waals surface area contributed by atoms with Gasteiger partial charge in [0.15, 0.2) is 5.16 Å². The molecular weight excluding hydrogens is 339 g/mol. The predicted molar refractivity (Wildman–Crippen MR) is 95.8 cm³/mol. The van der Waals surface area contributed by atoms with Crippen LogP contribution in [-0.4, -0.2) is 37.9 Å². The SMILES string of the molecule is C[C@H](Sc1nnc2n1CCCCC2)C(=O)N(C)Cc1cccc(F)c1. The minimum absolute atomic E-state index is 0.000216. The number of fused-ring (bicyclic) bond motifs is 1. The summed E-state index contributed by atoms with van der Waals surface area (Å²) in [5.41, 5.74) is 0.782. The van der Waals surface area contributed by atoms with Gasteiger partial charge in [0.1, 0.15) is 11.6 Å². The Balaban J connectivity index is 1.63. The number of halogens is 1. The largest absolute Gasteiger partial charge is 0.340 e. The number of aromatic nitrogens is 3. The maximum atomic E-state index is 13.3. The second kappa shape index (κ2) is 7.99. The second-order valence-electron chi connectivity index (χ2n) is 6.45. The van der Waals surface area contributed by atoms with Crippen molar-refractivity contribution in [3.05, 3.63) is 41.5 Å². The Morgan fingerprint density at radius 2 is 2.20 bits per heavy atom. The van der Waals surface area contributed by atoms with E-state index in [1.54, 1.807) is 18.0 Å². The summed E-state index contributed by atoms with van der Waals surface area (Å²) in [6, 6.07) is 6.34. The first kappa shape index (κ1) is 17.9. The van der Waals surface area contributed by atoms with Gasteiger partial charge < -0.3 is 9.47 Å². The Bertz CT molecular complexity index is 748. The number of thioether (sulfide) groups is 1. The fourth-order valence-corrected chi connectivity index (χ4v) is 4.06. The number of carbonyl (C=O) groups excluding carboxylic acids is 1. The Morgan fingerprint density at radius 1 is 1.36 bits per heavy atom. The number of hydrogen-bond acceptors (Lipinski definition) is 4. The molecule has 1 aliphatic rings. The number of nitrogens with zero attached hydrogens (tertiary/aromatic N) is 4. The Kier molecular flexibility index (Phi) is 5.73. The Morgan fingerprint density at radius 3 is 3.00 bits per heavy atom. The van der Waals surface area contributed by atoms with E-state index in [0.29, 0.717) is 6.54 Å². The summed E-state index contributed by atoms with van der Waals surface area (Å²) in [6.07, 6.45) is 4.43. The third-order valence-electron chi connectivity index (χ3n) is 4.39. The summed E-state index contributed by atoms with van der Waals surface area (Å²) in [5.74, 6) is 0.736. The topological polar surface area (TPSA) is 51.0 Å². The van der Waals surface area contributed by atoms with Crippen LogP contribution in [0.4, 0.5) is 4.39 Å². The molecule has 0 spiro atoms. The molecule has 0 N–H and O–H groups in total. The van der Waals surface area contributed by atoms with Crippen LogP contribution in [0.1, 0.15) is 37.6 Å². The highest BCUT2D eigenvalue weighted by atomic mass is 32.2. The molecule has 3 rings (SSSR count). The van der Waals surface area contributed by atoms with Crippen LogP contribution in [0.3, 0.4) is 0 Å². The summed E-state index contributed by atoms with van der Waals surface area (Å²) in [5, 5.41) is 9.10. The van der Waals surface area contributed by atoms with Gasteiger partial charge in [-0.1, -0.05) is 30.3 Å². The molecule has 2 heterocycles. The minimum atomic E-state index is -0.285. The normalized spacial score (nSPS) is 15.3. The second-order valence-corrected chi connectivity index (χ2v) is 7.75. The van der Waals surface area contributed by atoms with E-state index in [0.717, 1.165) is 42.4 Å². The van der Waals surface area contributed by atoms with Crippen molar-refractivity contribution in [2.24, 2.45) is 0 Å².